The molecule has 0 saturated carbocycles. The highest BCUT2D eigenvalue weighted by Gasteiger charge is 2.48. The summed E-state index contributed by atoms with van der Waals surface area (Å²) in [6.45, 7) is 8.37. The molecule has 3 rings (SSSR count). The summed E-state index contributed by atoms with van der Waals surface area (Å²) in [7, 11) is 0. The first kappa shape index (κ1) is 18.6. The van der Waals surface area contributed by atoms with Crippen LogP contribution in [0.15, 0.2) is 0 Å². The molecule has 2 aliphatic rings. The molecule has 2 fully saturated rings. The number of carbonyl (C=O) groups excluding carboxylic acids is 2. The summed E-state index contributed by atoms with van der Waals surface area (Å²) < 4.78 is 7.38. The van der Waals surface area contributed by atoms with E-state index in [1.54, 1.807) is 4.68 Å². The Morgan fingerprint density at radius 3 is 2.69 bits per heavy atom. The number of likely N-dealkylation sites (tertiary alicyclic amines) is 1. The second-order valence-electron chi connectivity index (χ2n) is 7.40. The van der Waals surface area contributed by atoms with Crippen LogP contribution in [0.2, 0.25) is 0 Å². The number of tetrazole rings is 1. The van der Waals surface area contributed by atoms with E-state index in [4.69, 9.17) is 4.74 Å². The third-order valence-electron chi connectivity index (χ3n) is 5.51. The van der Waals surface area contributed by atoms with Crippen molar-refractivity contribution in [2.75, 3.05) is 19.6 Å². The second-order valence-corrected chi connectivity index (χ2v) is 7.40. The quantitative estimate of drug-likeness (QED) is 0.757. The average molecular weight is 364 g/mol. The molecule has 9 nitrogen and oxygen atoms in total. The van der Waals surface area contributed by atoms with Crippen LogP contribution in [-0.4, -0.2) is 73.3 Å². The summed E-state index contributed by atoms with van der Waals surface area (Å²) in [6, 6.07) is 0.200. The molecule has 0 N–H and O–H groups in total. The maximum Gasteiger partial charge on any atom is 0.410 e. The van der Waals surface area contributed by atoms with Gasteiger partial charge in [-0.1, -0.05) is 13.3 Å². The molecule has 26 heavy (non-hydrogen) atoms. The van der Waals surface area contributed by atoms with Gasteiger partial charge in [0.15, 0.2) is 0 Å². The van der Waals surface area contributed by atoms with Crippen LogP contribution in [0.3, 0.4) is 0 Å². The van der Waals surface area contributed by atoms with E-state index in [0.29, 0.717) is 51.3 Å². The molecule has 0 radical (unpaired) electrons. The number of nitrogens with zero attached hydrogens (tertiary/aromatic N) is 6. The lowest BCUT2D eigenvalue weighted by molar-refractivity contribution is -0.134. The first-order valence-electron chi connectivity index (χ1n) is 9.44. The first-order valence-corrected chi connectivity index (χ1v) is 9.44. The van der Waals surface area contributed by atoms with Gasteiger partial charge >= 0.3 is 6.09 Å². The lowest BCUT2D eigenvalue weighted by Crippen LogP contribution is -2.49. The molecule has 0 aliphatic carbocycles. The van der Waals surface area contributed by atoms with E-state index < -0.39 is 5.60 Å². The number of hydrogen-bond donors (Lipinski definition) is 0. The molecule has 2 amide bonds. The minimum atomic E-state index is -0.428. The van der Waals surface area contributed by atoms with Gasteiger partial charge in [-0.3, -0.25) is 4.79 Å². The van der Waals surface area contributed by atoms with E-state index in [1.165, 1.54) is 0 Å². The van der Waals surface area contributed by atoms with Crippen LogP contribution in [0.25, 0.3) is 0 Å². The summed E-state index contributed by atoms with van der Waals surface area (Å²) >= 11 is 0. The van der Waals surface area contributed by atoms with Crippen molar-refractivity contribution in [3.05, 3.63) is 5.82 Å². The van der Waals surface area contributed by atoms with Crippen LogP contribution >= 0.6 is 0 Å². The predicted molar refractivity (Wildman–Crippen MR) is 93.3 cm³/mol. The zero-order chi connectivity index (χ0) is 18.7. The van der Waals surface area contributed by atoms with Crippen molar-refractivity contribution in [2.24, 2.45) is 0 Å². The van der Waals surface area contributed by atoms with Gasteiger partial charge in [-0.05, 0) is 30.7 Å². The molecule has 0 unspecified atom stereocenters. The maximum absolute atomic E-state index is 12.5. The molecule has 144 valence electrons. The fourth-order valence-corrected chi connectivity index (χ4v) is 3.80. The van der Waals surface area contributed by atoms with Gasteiger partial charge in [0.05, 0.1) is 13.1 Å². The number of amides is 2. The van der Waals surface area contributed by atoms with Gasteiger partial charge in [0.25, 0.3) is 0 Å². The molecule has 1 spiro atoms. The van der Waals surface area contributed by atoms with Crippen LogP contribution in [0.1, 0.15) is 51.8 Å². The monoisotopic (exact) mass is 364 g/mol. The summed E-state index contributed by atoms with van der Waals surface area (Å²) in [5.41, 5.74) is -0.428. The SMILES string of the molecule is CCC[C@H](C)N1CC2(CCN(C(=O)CCn3nnnc3C)CC2)OC1=O. The second kappa shape index (κ2) is 7.59. The van der Waals surface area contributed by atoms with Crippen molar-refractivity contribution in [3.8, 4) is 0 Å². The highest BCUT2D eigenvalue weighted by molar-refractivity contribution is 5.76. The topological polar surface area (TPSA) is 93.5 Å². The molecule has 0 bridgehead atoms. The van der Waals surface area contributed by atoms with Crippen molar-refractivity contribution in [1.82, 2.24) is 30.0 Å². The number of aryl methyl sites for hydroxylation is 2. The number of rotatable bonds is 6. The third-order valence-corrected chi connectivity index (χ3v) is 5.51. The Kier molecular flexibility index (Phi) is 5.43. The Labute approximate surface area is 153 Å². The van der Waals surface area contributed by atoms with Crippen LogP contribution in [-0.2, 0) is 16.1 Å². The van der Waals surface area contributed by atoms with Gasteiger partial charge in [0, 0.05) is 38.4 Å². The third kappa shape index (κ3) is 3.81. The van der Waals surface area contributed by atoms with Gasteiger partial charge in [-0.2, -0.15) is 0 Å². The molecular weight excluding hydrogens is 336 g/mol. The Hall–Kier alpha value is -2.19. The minimum absolute atomic E-state index is 0.0929. The molecular formula is C17H28N6O3. The number of hydrogen-bond acceptors (Lipinski definition) is 6. The largest absolute Gasteiger partial charge is 0.441 e. The predicted octanol–water partition coefficient (Wildman–Crippen LogP) is 1.37. The van der Waals surface area contributed by atoms with E-state index in [9.17, 15) is 9.59 Å². The first-order chi connectivity index (χ1) is 12.4. The number of aromatic nitrogens is 4. The van der Waals surface area contributed by atoms with Crippen LogP contribution in [0.4, 0.5) is 4.79 Å². The van der Waals surface area contributed by atoms with Gasteiger partial charge < -0.3 is 14.5 Å². The molecule has 0 aromatic carbocycles. The van der Waals surface area contributed by atoms with Crippen molar-refractivity contribution in [2.45, 2.75) is 71.1 Å². The molecule has 1 aromatic heterocycles. The average Bonchev–Trinajstić information content (AvgIpc) is 3.17. The molecule has 9 heteroatoms. The molecule has 1 aromatic rings. The Morgan fingerprint density at radius 1 is 1.35 bits per heavy atom. The van der Waals surface area contributed by atoms with E-state index >= 15 is 0 Å². The highest BCUT2D eigenvalue weighted by atomic mass is 16.6. The van der Waals surface area contributed by atoms with E-state index in [0.717, 1.165) is 12.8 Å². The fraction of sp³-hybridized carbons (Fsp3) is 0.824. The fourth-order valence-electron chi connectivity index (χ4n) is 3.80. The summed E-state index contributed by atoms with van der Waals surface area (Å²) in [6.07, 6.45) is 3.58. The molecule has 2 aliphatic heterocycles. The Bertz CT molecular complexity index is 653. The normalized spacial score (nSPS) is 20.5. The van der Waals surface area contributed by atoms with Crippen molar-refractivity contribution < 1.29 is 14.3 Å². The van der Waals surface area contributed by atoms with Crippen LogP contribution in [0.5, 0.6) is 0 Å². The lowest BCUT2D eigenvalue weighted by atomic mass is 9.90. The zero-order valence-electron chi connectivity index (χ0n) is 15.8. The van der Waals surface area contributed by atoms with E-state index in [-0.39, 0.29) is 18.0 Å². The number of ether oxygens (including phenoxy) is 1. The van der Waals surface area contributed by atoms with Crippen LogP contribution in [0, 0.1) is 6.92 Å². The number of piperidine rings is 1. The highest BCUT2D eigenvalue weighted by Crippen LogP contribution is 2.34. The van der Waals surface area contributed by atoms with Crippen molar-refractivity contribution >= 4 is 12.0 Å². The standard InChI is InChI=1S/C17H28N6O3/c1-4-5-13(2)22-12-17(26-16(22)25)7-10-21(11-8-17)15(24)6-9-23-14(3)18-19-20-23/h13H,4-12H2,1-3H3/t13-/m0/s1. The van der Waals surface area contributed by atoms with E-state index in [2.05, 4.69) is 29.4 Å². The van der Waals surface area contributed by atoms with Crippen molar-refractivity contribution in [3.63, 3.8) is 0 Å². The Balaban J connectivity index is 1.50. The lowest BCUT2D eigenvalue weighted by Gasteiger charge is -2.37. The molecule has 3 heterocycles. The minimum Gasteiger partial charge on any atom is -0.441 e. The zero-order valence-corrected chi connectivity index (χ0v) is 15.8. The molecule has 2 saturated heterocycles. The van der Waals surface area contributed by atoms with Gasteiger partial charge in [0.1, 0.15) is 11.4 Å². The summed E-state index contributed by atoms with van der Waals surface area (Å²) in [4.78, 5) is 28.4. The Morgan fingerprint density at radius 2 is 2.08 bits per heavy atom. The van der Waals surface area contributed by atoms with Gasteiger partial charge in [-0.15, -0.1) is 5.10 Å². The number of carbonyl (C=O) groups is 2. The van der Waals surface area contributed by atoms with Gasteiger partial charge in [0.2, 0.25) is 5.91 Å². The summed E-state index contributed by atoms with van der Waals surface area (Å²) in [5, 5.41) is 11.3. The van der Waals surface area contributed by atoms with E-state index in [1.807, 2.05) is 16.7 Å². The summed E-state index contributed by atoms with van der Waals surface area (Å²) in [5.74, 6) is 0.796. The van der Waals surface area contributed by atoms with Crippen LogP contribution < -0.4 is 0 Å². The van der Waals surface area contributed by atoms with Gasteiger partial charge in [-0.25, -0.2) is 9.48 Å². The van der Waals surface area contributed by atoms with Crippen molar-refractivity contribution in [1.29, 1.82) is 0 Å². The smallest absolute Gasteiger partial charge is 0.410 e. The maximum atomic E-state index is 12.5. The molecule has 1 atom stereocenters.